The third-order valence-corrected chi connectivity index (χ3v) is 3.99. The van der Waals surface area contributed by atoms with Crippen molar-refractivity contribution in [3.8, 4) is 11.8 Å². The van der Waals surface area contributed by atoms with Gasteiger partial charge in [-0.25, -0.2) is 9.50 Å². The number of benzene rings is 1. The monoisotopic (exact) mass is 396 g/mol. The largest absolute Gasteiger partial charge is 0.573 e. The molecule has 4 rings (SSSR count). The highest BCUT2D eigenvalue weighted by Crippen LogP contribution is 2.24. The molecular weight excluding hydrogens is 385 g/mol. The molecule has 10 heteroatoms. The number of hydrogen-bond donors (Lipinski definition) is 1. The first-order valence-corrected chi connectivity index (χ1v) is 8.25. The molecule has 3 aromatic heterocycles. The molecule has 0 saturated carbocycles. The van der Waals surface area contributed by atoms with Crippen LogP contribution in [0.1, 0.15) is 11.3 Å². The smallest absolute Gasteiger partial charge is 0.406 e. The molecule has 1 N–H and O–H groups in total. The Morgan fingerprint density at radius 3 is 2.62 bits per heavy atom. The van der Waals surface area contributed by atoms with E-state index < -0.39 is 6.36 Å². The van der Waals surface area contributed by atoms with Gasteiger partial charge in [0.1, 0.15) is 17.4 Å². The lowest BCUT2D eigenvalue weighted by molar-refractivity contribution is -0.274. The van der Waals surface area contributed by atoms with Gasteiger partial charge in [-0.05, 0) is 36.4 Å². The van der Waals surface area contributed by atoms with Crippen LogP contribution in [-0.2, 0) is 0 Å². The lowest BCUT2D eigenvalue weighted by Crippen LogP contribution is -2.16. The quantitative estimate of drug-likeness (QED) is 0.558. The van der Waals surface area contributed by atoms with Gasteiger partial charge in [-0.1, -0.05) is 0 Å². The molecule has 0 atom stereocenters. The van der Waals surface area contributed by atoms with Crippen LogP contribution in [0, 0.1) is 11.3 Å². The molecule has 0 bridgehead atoms. The van der Waals surface area contributed by atoms with Gasteiger partial charge in [0.05, 0.1) is 17.4 Å². The van der Waals surface area contributed by atoms with Crippen LogP contribution in [0.4, 0.5) is 18.9 Å². The van der Waals surface area contributed by atoms with E-state index in [1.165, 1.54) is 30.5 Å². The number of aromatic nitrogens is 4. The highest BCUT2D eigenvalue weighted by atomic mass is 19.4. The number of fused-ring (bicyclic) bond motifs is 3. The predicted octanol–water partition coefficient (Wildman–Crippen LogP) is 4.13. The summed E-state index contributed by atoms with van der Waals surface area (Å²) in [6.07, 6.45) is 3.25. The number of alkyl halides is 3. The number of halogens is 3. The number of ether oxygens (including phenoxy) is 1. The Labute approximate surface area is 161 Å². The zero-order valence-corrected chi connectivity index (χ0v) is 14.6. The van der Waals surface area contributed by atoms with Crippen molar-refractivity contribution in [3.05, 3.63) is 66.4 Å². The van der Waals surface area contributed by atoms with Gasteiger partial charge < -0.3 is 10.1 Å². The molecule has 4 aromatic rings. The van der Waals surface area contributed by atoms with E-state index in [1.807, 2.05) is 6.07 Å². The summed E-state index contributed by atoms with van der Waals surface area (Å²) in [5, 5.41) is 17.0. The van der Waals surface area contributed by atoms with E-state index in [0.29, 0.717) is 22.6 Å². The lowest BCUT2D eigenvalue weighted by Gasteiger charge is -2.09. The minimum atomic E-state index is -4.73. The van der Waals surface area contributed by atoms with Crippen LogP contribution in [0.25, 0.3) is 22.6 Å². The average molecular weight is 396 g/mol. The van der Waals surface area contributed by atoms with Crippen molar-refractivity contribution in [2.24, 2.45) is 0 Å². The maximum absolute atomic E-state index is 12.2. The zero-order valence-electron chi connectivity index (χ0n) is 14.6. The summed E-state index contributed by atoms with van der Waals surface area (Å²) in [5.74, 6) is -0.297. The normalized spacial score (nSPS) is 11.8. The molecule has 0 spiro atoms. The van der Waals surface area contributed by atoms with E-state index in [4.69, 9.17) is 5.26 Å². The van der Waals surface area contributed by atoms with Crippen LogP contribution in [-0.4, -0.2) is 25.9 Å². The molecule has 1 aromatic carbocycles. The fourth-order valence-electron chi connectivity index (χ4n) is 2.75. The maximum Gasteiger partial charge on any atom is 0.573 e. The zero-order chi connectivity index (χ0) is 20.4. The fourth-order valence-corrected chi connectivity index (χ4v) is 2.75. The van der Waals surface area contributed by atoms with E-state index in [2.05, 4.69) is 25.1 Å². The second-order valence-corrected chi connectivity index (χ2v) is 5.84. The molecule has 0 aliphatic heterocycles. The Hall–Kier alpha value is -4.13. The number of hydrogen-bond acceptors (Lipinski definition) is 6. The van der Waals surface area contributed by atoms with Crippen molar-refractivity contribution in [1.29, 1.82) is 5.26 Å². The Bertz CT molecular complexity index is 1260. The Morgan fingerprint density at radius 1 is 1.10 bits per heavy atom. The van der Waals surface area contributed by atoms with Crippen LogP contribution in [0.2, 0.25) is 0 Å². The molecule has 0 aliphatic rings. The summed E-state index contributed by atoms with van der Waals surface area (Å²) < 4.78 is 42.0. The third kappa shape index (κ3) is 3.79. The van der Waals surface area contributed by atoms with Gasteiger partial charge in [-0.2, -0.15) is 10.4 Å². The first-order chi connectivity index (χ1) is 13.9. The summed E-state index contributed by atoms with van der Waals surface area (Å²) in [6, 6.07) is 9.15. The highest BCUT2D eigenvalue weighted by Gasteiger charge is 2.30. The molecule has 29 heavy (non-hydrogen) atoms. The summed E-state index contributed by atoms with van der Waals surface area (Å²) in [6.45, 7) is 0. The van der Waals surface area contributed by atoms with Gasteiger partial charge in [-0.3, -0.25) is 4.98 Å². The van der Waals surface area contributed by atoms with Crippen LogP contribution in [0.5, 0.6) is 5.75 Å². The van der Waals surface area contributed by atoms with Crippen molar-refractivity contribution in [1.82, 2.24) is 19.6 Å². The van der Waals surface area contributed by atoms with Crippen molar-refractivity contribution < 1.29 is 17.9 Å². The minimum absolute atomic E-state index is 0.297. The van der Waals surface area contributed by atoms with Gasteiger partial charge in [0.2, 0.25) is 0 Å². The molecule has 0 amide bonds. The first kappa shape index (κ1) is 18.2. The molecule has 0 fully saturated rings. The summed E-state index contributed by atoms with van der Waals surface area (Å²) in [7, 11) is 0. The van der Waals surface area contributed by atoms with Gasteiger partial charge in [0.25, 0.3) is 0 Å². The standard InChI is InChI=1S/C19H11F3N6O/c20-19(21,22)29-14-3-1-13(2-4-14)24-7-5-16-15-11-26-18-12(9-23)10-27-28(18)17(15)6-8-25-16/h1-8,10-11,24H. The van der Waals surface area contributed by atoms with Gasteiger partial charge in [0.15, 0.2) is 5.65 Å². The van der Waals surface area contributed by atoms with Crippen molar-refractivity contribution in [2.75, 3.05) is 5.32 Å². The Kier molecular flexibility index (Phi) is 4.48. The lowest BCUT2D eigenvalue weighted by atomic mass is 10.2. The number of nitrogens with one attached hydrogen (secondary N) is 1. The molecular formula is C19H11F3N6O. The van der Waals surface area contributed by atoms with E-state index in [-0.39, 0.29) is 5.75 Å². The number of nitriles is 1. The molecule has 0 aliphatic carbocycles. The average Bonchev–Trinajstić information content (AvgIpc) is 3.12. The summed E-state index contributed by atoms with van der Waals surface area (Å²) in [5.41, 5.74) is 2.75. The summed E-state index contributed by atoms with van der Waals surface area (Å²) >= 11 is 0. The van der Waals surface area contributed by atoms with Crippen LogP contribution >= 0.6 is 0 Å². The number of rotatable bonds is 4. The van der Waals surface area contributed by atoms with E-state index >= 15 is 0 Å². The van der Waals surface area contributed by atoms with Crippen molar-refractivity contribution in [3.63, 3.8) is 0 Å². The number of nitrogens with zero attached hydrogens (tertiary/aromatic N) is 5. The molecule has 0 radical (unpaired) electrons. The molecule has 7 nitrogen and oxygen atoms in total. The van der Waals surface area contributed by atoms with Crippen molar-refractivity contribution in [2.45, 2.75) is 6.36 Å². The maximum atomic E-state index is 12.2. The Balaban J connectivity index is 1.56. The number of anilines is 1. The molecule has 144 valence electrons. The van der Waals surface area contributed by atoms with Crippen LogP contribution in [0.15, 0.2) is 55.1 Å². The number of pyridine rings is 1. The minimum Gasteiger partial charge on any atom is -0.406 e. The van der Waals surface area contributed by atoms with Crippen LogP contribution < -0.4 is 10.1 Å². The third-order valence-electron chi connectivity index (χ3n) is 3.99. The first-order valence-electron chi connectivity index (χ1n) is 8.25. The second-order valence-electron chi connectivity index (χ2n) is 5.84. The van der Waals surface area contributed by atoms with E-state index in [0.717, 1.165) is 10.9 Å². The van der Waals surface area contributed by atoms with Crippen molar-refractivity contribution >= 4 is 28.3 Å². The molecule has 3 heterocycles. The highest BCUT2D eigenvalue weighted by molar-refractivity contribution is 5.87. The van der Waals surface area contributed by atoms with Gasteiger partial charge in [-0.15, -0.1) is 13.2 Å². The second kappa shape index (κ2) is 7.12. The van der Waals surface area contributed by atoms with E-state index in [1.54, 1.807) is 35.3 Å². The van der Waals surface area contributed by atoms with Gasteiger partial charge >= 0.3 is 6.36 Å². The predicted molar refractivity (Wildman–Crippen MR) is 98.8 cm³/mol. The van der Waals surface area contributed by atoms with Gasteiger partial charge in [0, 0.05) is 29.7 Å². The molecule has 0 saturated heterocycles. The molecule has 0 unspecified atom stereocenters. The SMILES string of the molecule is N#Cc1cnn2c1ncc1c(C=CNc3ccc(OC(F)(F)F)cc3)nccc12. The Morgan fingerprint density at radius 2 is 1.90 bits per heavy atom. The summed E-state index contributed by atoms with van der Waals surface area (Å²) in [4.78, 5) is 8.59. The van der Waals surface area contributed by atoms with Crippen LogP contribution in [0.3, 0.4) is 0 Å². The topological polar surface area (TPSA) is 88.1 Å². The fraction of sp³-hybridized carbons (Fsp3) is 0.0526. The van der Waals surface area contributed by atoms with E-state index in [9.17, 15) is 13.2 Å².